The van der Waals surface area contributed by atoms with Crippen molar-refractivity contribution in [3.63, 3.8) is 0 Å². The maximum Gasteiger partial charge on any atom is 0.174 e. The highest BCUT2D eigenvalue weighted by atomic mass is 17.2. The number of nitrogens with two attached hydrogens (primary N) is 1. The van der Waals surface area contributed by atoms with Gasteiger partial charge >= 0.3 is 0 Å². The Morgan fingerprint density at radius 2 is 2.27 bits per heavy atom. The fourth-order valence-electron chi connectivity index (χ4n) is 2.01. The Labute approximate surface area is 90.1 Å². The molecule has 0 aromatic heterocycles. The van der Waals surface area contributed by atoms with Crippen molar-refractivity contribution >= 4 is 0 Å². The minimum absolute atomic E-state index is 0.177. The van der Waals surface area contributed by atoms with Crippen molar-refractivity contribution in [2.45, 2.75) is 39.3 Å². The molecule has 0 saturated heterocycles. The predicted octanol–water partition coefficient (Wildman–Crippen LogP) is 1.96. The van der Waals surface area contributed by atoms with Gasteiger partial charge in [0.2, 0.25) is 0 Å². The van der Waals surface area contributed by atoms with Gasteiger partial charge in [0.15, 0.2) is 5.75 Å². The normalized spacial score (nSPS) is 15.9. The van der Waals surface area contributed by atoms with E-state index in [0.29, 0.717) is 6.61 Å². The molecule has 2 N–H and O–H groups in total. The predicted molar refractivity (Wildman–Crippen MR) is 58.6 cm³/mol. The molecule has 3 nitrogen and oxygen atoms in total. The molecule has 0 aliphatic carbocycles. The van der Waals surface area contributed by atoms with Crippen molar-refractivity contribution in [2.75, 3.05) is 0 Å². The van der Waals surface area contributed by atoms with E-state index >= 15 is 0 Å². The van der Waals surface area contributed by atoms with Gasteiger partial charge in [-0.2, -0.15) is 4.89 Å². The quantitative estimate of drug-likeness (QED) is 0.771. The van der Waals surface area contributed by atoms with E-state index in [1.54, 1.807) is 0 Å². The largest absolute Gasteiger partial charge is 0.337 e. The SMILES string of the molecule is CCc1c(CC(C)N)ccc2c1OOC2. The summed E-state index contributed by atoms with van der Waals surface area (Å²) in [6.45, 7) is 4.70. The molecule has 1 aliphatic heterocycles. The average Bonchev–Trinajstić information content (AvgIpc) is 2.64. The van der Waals surface area contributed by atoms with Gasteiger partial charge in [-0.3, -0.25) is 0 Å². The Kier molecular flexibility index (Phi) is 2.93. The van der Waals surface area contributed by atoms with Crippen LogP contribution >= 0.6 is 0 Å². The summed E-state index contributed by atoms with van der Waals surface area (Å²) in [6.07, 6.45) is 1.84. The first-order chi connectivity index (χ1) is 7.22. The lowest BCUT2D eigenvalue weighted by molar-refractivity contribution is -0.195. The molecule has 15 heavy (non-hydrogen) atoms. The molecule has 0 radical (unpaired) electrons. The standard InChI is InChI=1S/C12H17NO2/c1-3-11-9(6-8(2)13)4-5-10-7-14-15-12(10)11/h4-5,8H,3,6-7,13H2,1-2H3. The molecular weight excluding hydrogens is 190 g/mol. The molecule has 1 atom stereocenters. The van der Waals surface area contributed by atoms with Crippen LogP contribution in [0.4, 0.5) is 0 Å². The molecule has 82 valence electrons. The van der Waals surface area contributed by atoms with Crippen molar-refractivity contribution in [2.24, 2.45) is 5.73 Å². The summed E-state index contributed by atoms with van der Waals surface area (Å²) in [6, 6.07) is 4.38. The third kappa shape index (κ3) is 1.98. The van der Waals surface area contributed by atoms with E-state index in [-0.39, 0.29) is 6.04 Å². The van der Waals surface area contributed by atoms with E-state index in [9.17, 15) is 0 Å². The van der Waals surface area contributed by atoms with Crippen LogP contribution in [-0.4, -0.2) is 6.04 Å². The van der Waals surface area contributed by atoms with E-state index < -0.39 is 0 Å². The van der Waals surface area contributed by atoms with Crippen molar-refractivity contribution in [1.29, 1.82) is 0 Å². The van der Waals surface area contributed by atoms with Gasteiger partial charge in [-0.05, 0) is 25.3 Å². The first-order valence-electron chi connectivity index (χ1n) is 5.41. The zero-order chi connectivity index (χ0) is 10.8. The maximum absolute atomic E-state index is 5.82. The molecule has 1 aromatic rings. The van der Waals surface area contributed by atoms with E-state index in [0.717, 1.165) is 24.2 Å². The molecule has 2 rings (SSSR count). The van der Waals surface area contributed by atoms with E-state index in [4.69, 9.17) is 15.5 Å². The first kappa shape index (κ1) is 10.5. The Bertz CT molecular complexity index is 361. The first-order valence-corrected chi connectivity index (χ1v) is 5.41. The van der Waals surface area contributed by atoms with Crippen molar-refractivity contribution in [3.05, 3.63) is 28.8 Å². The lowest BCUT2D eigenvalue weighted by atomic mass is 9.96. The summed E-state index contributed by atoms with van der Waals surface area (Å²) in [4.78, 5) is 10.2. The summed E-state index contributed by atoms with van der Waals surface area (Å²) in [5.74, 6) is 0.913. The Morgan fingerprint density at radius 3 is 2.93 bits per heavy atom. The Hall–Kier alpha value is -1.06. The monoisotopic (exact) mass is 207 g/mol. The van der Waals surface area contributed by atoms with Crippen LogP contribution in [0.3, 0.4) is 0 Å². The minimum Gasteiger partial charge on any atom is -0.337 e. The number of rotatable bonds is 3. The highest BCUT2D eigenvalue weighted by Gasteiger charge is 2.20. The van der Waals surface area contributed by atoms with Gasteiger partial charge in [0.25, 0.3) is 0 Å². The molecule has 1 aliphatic rings. The van der Waals surface area contributed by atoms with Crippen LogP contribution in [-0.2, 0) is 24.3 Å². The summed E-state index contributed by atoms with van der Waals surface area (Å²) in [7, 11) is 0. The third-order valence-electron chi connectivity index (χ3n) is 2.69. The van der Waals surface area contributed by atoms with Crippen LogP contribution in [0.25, 0.3) is 0 Å². The van der Waals surface area contributed by atoms with Gasteiger partial charge < -0.3 is 10.6 Å². The summed E-state index contributed by atoms with van der Waals surface area (Å²) >= 11 is 0. The lowest BCUT2D eigenvalue weighted by Gasteiger charge is -2.12. The van der Waals surface area contributed by atoms with Crippen LogP contribution in [0, 0.1) is 0 Å². The molecule has 1 aromatic carbocycles. The highest BCUT2D eigenvalue weighted by Crippen LogP contribution is 2.33. The summed E-state index contributed by atoms with van der Waals surface area (Å²) in [5.41, 5.74) is 9.47. The molecular formula is C12H17NO2. The molecule has 1 heterocycles. The molecule has 1 unspecified atom stereocenters. The van der Waals surface area contributed by atoms with Gasteiger partial charge in [-0.25, -0.2) is 0 Å². The third-order valence-corrected chi connectivity index (χ3v) is 2.69. The zero-order valence-electron chi connectivity index (χ0n) is 9.25. The van der Waals surface area contributed by atoms with Gasteiger partial charge in [-0.1, -0.05) is 19.1 Å². The van der Waals surface area contributed by atoms with Crippen LogP contribution in [0.2, 0.25) is 0 Å². The lowest BCUT2D eigenvalue weighted by Crippen LogP contribution is -2.18. The van der Waals surface area contributed by atoms with Gasteiger partial charge in [0.05, 0.1) is 0 Å². The second-order valence-electron chi connectivity index (χ2n) is 4.07. The van der Waals surface area contributed by atoms with Crippen LogP contribution in [0.15, 0.2) is 12.1 Å². The van der Waals surface area contributed by atoms with Gasteiger partial charge in [0.1, 0.15) is 6.61 Å². The fraction of sp³-hybridized carbons (Fsp3) is 0.500. The minimum atomic E-state index is 0.177. The Balaban J connectivity index is 2.39. The molecule has 0 spiro atoms. The van der Waals surface area contributed by atoms with Gasteiger partial charge in [-0.15, -0.1) is 0 Å². The summed E-state index contributed by atoms with van der Waals surface area (Å²) < 4.78 is 0. The van der Waals surface area contributed by atoms with Crippen LogP contribution < -0.4 is 10.6 Å². The van der Waals surface area contributed by atoms with Crippen LogP contribution in [0.1, 0.15) is 30.5 Å². The fourth-order valence-corrected chi connectivity index (χ4v) is 2.01. The number of hydrogen-bond donors (Lipinski definition) is 1. The van der Waals surface area contributed by atoms with Gasteiger partial charge in [0, 0.05) is 17.2 Å². The van der Waals surface area contributed by atoms with Crippen LogP contribution in [0.5, 0.6) is 5.75 Å². The van der Waals surface area contributed by atoms with Crippen molar-refractivity contribution in [1.82, 2.24) is 0 Å². The number of hydrogen-bond acceptors (Lipinski definition) is 3. The number of fused-ring (bicyclic) bond motifs is 1. The molecule has 3 heteroatoms. The second-order valence-corrected chi connectivity index (χ2v) is 4.07. The average molecular weight is 207 g/mol. The maximum atomic E-state index is 5.82. The van der Waals surface area contributed by atoms with E-state index in [2.05, 4.69) is 19.1 Å². The van der Waals surface area contributed by atoms with Crippen molar-refractivity contribution in [3.8, 4) is 5.75 Å². The topological polar surface area (TPSA) is 44.5 Å². The molecule has 0 amide bonds. The Morgan fingerprint density at radius 1 is 1.47 bits per heavy atom. The molecule has 0 fully saturated rings. The second kappa shape index (κ2) is 4.21. The highest BCUT2D eigenvalue weighted by molar-refractivity contribution is 5.47. The zero-order valence-corrected chi connectivity index (χ0v) is 9.25. The summed E-state index contributed by atoms with van der Waals surface area (Å²) in [5, 5.41) is 0. The molecule has 0 bridgehead atoms. The molecule has 0 saturated carbocycles. The van der Waals surface area contributed by atoms with Crippen molar-refractivity contribution < 1.29 is 9.78 Å². The number of benzene rings is 1. The smallest absolute Gasteiger partial charge is 0.174 e. The van der Waals surface area contributed by atoms with E-state index in [1.165, 1.54) is 11.1 Å². The van der Waals surface area contributed by atoms with E-state index in [1.807, 2.05) is 6.92 Å².